The van der Waals surface area contributed by atoms with Crippen LogP contribution in [0.4, 0.5) is 5.69 Å². The highest BCUT2D eigenvalue weighted by molar-refractivity contribution is 6.06. The van der Waals surface area contributed by atoms with Crippen LogP contribution in [-0.2, 0) is 20.9 Å². The molecule has 1 atom stereocenters. The van der Waals surface area contributed by atoms with Crippen molar-refractivity contribution in [2.45, 2.75) is 108 Å². The van der Waals surface area contributed by atoms with Gasteiger partial charge in [-0.25, -0.2) is 4.79 Å². The van der Waals surface area contributed by atoms with Gasteiger partial charge in [0.25, 0.3) is 5.91 Å². The summed E-state index contributed by atoms with van der Waals surface area (Å²) in [5, 5.41) is 16.2. The molecule has 0 spiro atoms. The first-order chi connectivity index (χ1) is 27.8. The van der Waals surface area contributed by atoms with Gasteiger partial charge in [-0.3, -0.25) is 19.3 Å². The van der Waals surface area contributed by atoms with Gasteiger partial charge >= 0.3 is 5.97 Å². The van der Waals surface area contributed by atoms with Crippen molar-refractivity contribution < 1.29 is 24.3 Å². The predicted molar refractivity (Wildman–Crippen MR) is 224 cm³/mol. The second-order valence-corrected chi connectivity index (χ2v) is 16.7. The Morgan fingerprint density at radius 3 is 2.25 bits per heavy atom. The van der Waals surface area contributed by atoms with Crippen molar-refractivity contribution in [3.8, 4) is 11.3 Å². The molecule has 1 unspecified atom stereocenters. The number of nitrogens with zero attached hydrogens (tertiary/aromatic N) is 3. The van der Waals surface area contributed by atoms with E-state index in [9.17, 15) is 19.2 Å². The molecule has 2 aliphatic carbocycles. The van der Waals surface area contributed by atoms with Gasteiger partial charge in [0.2, 0.25) is 11.8 Å². The number of carbonyl (C=O) groups is 4. The molecule has 3 aromatic carbocycles. The first-order valence-corrected chi connectivity index (χ1v) is 21.2. The molecule has 3 heterocycles. The van der Waals surface area contributed by atoms with Crippen molar-refractivity contribution in [1.82, 2.24) is 19.7 Å². The van der Waals surface area contributed by atoms with Crippen LogP contribution in [0.1, 0.15) is 111 Å². The summed E-state index contributed by atoms with van der Waals surface area (Å²) < 4.78 is 2.19. The van der Waals surface area contributed by atoms with Crippen LogP contribution >= 0.6 is 0 Å². The van der Waals surface area contributed by atoms with E-state index < -0.39 is 11.5 Å². The summed E-state index contributed by atoms with van der Waals surface area (Å²) in [5.74, 6) is -1.14. The topological polar surface area (TPSA) is 124 Å². The third kappa shape index (κ3) is 8.42. The van der Waals surface area contributed by atoms with Crippen LogP contribution in [0.15, 0.2) is 78.9 Å². The first kappa shape index (κ1) is 38.6. The van der Waals surface area contributed by atoms with Gasteiger partial charge in [0.05, 0.1) is 11.2 Å². The fourth-order valence-corrected chi connectivity index (χ4v) is 9.99. The molecule has 2 saturated heterocycles. The predicted octanol–water partition coefficient (Wildman–Crippen LogP) is 8.22. The molecular weight excluding hydrogens is 715 g/mol. The Bertz CT molecular complexity index is 2120. The number of fused-ring (bicyclic) bond motifs is 1. The minimum absolute atomic E-state index is 0.116. The molecule has 57 heavy (non-hydrogen) atoms. The molecule has 10 heteroatoms. The van der Waals surface area contributed by atoms with E-state index in [-0.39, 0.29) is 24.3 Å². The molecule has 2 aliphatic heterocycles. The van der Waals surface area contributed by atoms with Gasteiger partial charge < -0.3 is 25.2 Å². The Balaban J connectivity index is 1.12. The average molecular weight is 770 g/mol. The van der Waals surface area contributed by atoms with Gasteiger partial charge in [-0.1, -0.05) is 80.6 Å². The number of carboxylic acid groups (broad SMARTS) is 1. The number of aliphatic carboxylic acids is 1. The summed E-state index contributed by atoms with van der Waals surface area (Å²) in [6, 6.07) is 23.7. The summed E-state index contributed by atoms with van der Waals surface area (Å²) in [6.07, 6.45) is 15.6. The molecule has 0 radical (unpaired) electrons. The van der Waals surface area contributed by atoms with Gasteiger partial charge in [0.15, 0.2) is 0 Å². The lowest BCUT2D eigenvalue weighted by molar-refractivity contribution is -0.134. The summed E-state index contributed by atoms with van der Waals surface area (Å²) in [6.45, 7) is 3.96. The van der Waals surface area contributed by atoms with Gasteiger partial charge in [0.1, 0.15) is 12.1 Å². The number of hydrogen-bond acceptors (Lipinski definition) is 5. The number of rotatable bonds is 11. The molecular formula is C47H55N5O5. The standard InChI is InChI=1S/C47H55N5O5/c53-41(51-29-11-16-38(31-51)50-27-9-10-28-50)32-52-40-30-36(20-23-39(40)43(34-12-3-1-4-13-34)44(52)35-14-5-2-6-15-35)45(56)49-47(25-7-8-26-47)46(57)48-37-21-17-33(18-22-37)19-24-42(54)55/h2,5-6,14-15,17-24,30,34,38H,1,3-4,7-13,16,25-29,31-32H2,(H,48,57)(H,49,56)(H,54,55). The molecule has 4 fully saturated rings. The number of benzene rings is 3. The number of anilines is 1. The summed E-state index contributed by atoms with van der Waals surface area (Å²) in [7, 11) is 0. The van der Waals surface area contributed by atoms with Crippen molar-refractivity contribution in [2.75, 3.05) is 31.5 Å². The number of aromatic nitrogens is 1. The lowest BCUT2D eigenvalue weighted by atomic mass is 9.81. The number of nitrogens with one attached hydrogen (secondary N) is 2. The molecule has 2 saturated carbocycles. The van der Waals surface area contributed by atoms with E-state index in [1.54, 1.807) is 24.3 Å². The molecule has 0 bridgehead atoms. The number of hydrogen-bond donors (Lipinski definition) is 3. The fraction of sp³-hybridized carbons (Fsp3) is 0.447. The number of piperidine rings is 1. The van der Waals surface area contributed by atoms with E-state index in [0.29, 0.717) is 41.6 Å². The van der Waals surface area contributed by atoms with Crippen LogP contribution in [0.3, 0.4) is 0 Å². The number of amides is 3. The van der Waals surface area contributed by atoms with E-state index in [1.807, 2.05) is 18.2 Å². The first-order valence-electron chi connectivity index (χ1n) is 21.2. The number of carbonyl (C=O) groups excluding carboxylic acids is 3. The van der Waals surface area contributed by atoms with Crippen molar-refractivity contribution in [1.29, 1.82) is 0 Å². The van der Waals surface area contributed by atoms with Crippen LogP contribution in [0, 0.1) is 0 Å². The Morgan fingerprint density at radius 1 is 0.789 bits per heavy atom. The Labute approximate surface area is 335 Å². The van der Waals surface area contributed by atoms with Crippen LogP contribution in [0.25, 0.3) is 28.2 Å². The lowest BCUT2D eigenvalue weighted by Crippen LogP contribution is -2.55. The molecule has 298 valence electrons. The Hall–Kier alpha value is -5.22. The molecule has 10 nitrogen and oxygen atoms in total. The zero-order valence-electron chi connectivity index (χ0n) is 32.9. The third-order valence-corrected chi connectivity index (χ3v) is 13.0. The van der Waals surface area contributed by atoms with Crippen LogP contribution in [0.5, 0.6) is 0 Å². The zero-order valence-corrected chi connectivity index (χ0v) is 32.9. The van der Waals surface area contributed by atoms with Gasteiger partial charge in [-0.2, -0.15) is 0 Å². The number of likely N-dealkylation sites (tertiary alicyclic amines) is 2. The van der Waals surface area contributed by atoms with Crippen molar-refractivity contribution in [3.63, 3.8) is 0 Å². The van der Waals surface area contributed by atoms with E-state index in [1.165, 1.54) is 43.7 Å². The normalized spacial score (nSPS) is 20.3. The van der Waals surface area contributed by atoms with E-state index in [0.717, 1.165) is 92.9 Å². The van der Waals surface area contributed by atoms with Crippen molar-refractivity contribution in [2.24, 2.45) is 0 Å². The molecule has 4 aromatic rings. The lowest BCUT2D eigenvalue weighted by Gasteiger charge is -2.37. The summed E-state index contributed by atoms with van der Waals surface area (Å²) in [5.41, 5.74) is 4.97. The minimum atomic E-state index is -1.07. The molecule has 8 rings (SSSR count). The maximum absolute atomic E-state index is 14.5. The van der Waals surface area contributed by atoms with E-state index >= 15 is 0 Å². The fourth-order valence-electron chi connectivity index (χ4n) is 9.99. The monoisotopic (exact) mass is 769 g/mol. The van der Waals surface area contributed by atoms with Crippen LogP contribution < -0.4 is 10.6 Å². The van der Waals surface area contributed by atoms with Crippen molar-refractivity contribution in [3.05, 3.63) is 95.6 Å². The molecule has 4 aliphatic rings. The van der Waals surface area contributed by atoms with Crippen LogP contribution in [0.2, 0.25) is 0 Å². The van der Waals surface area contributed by atoms with E-state index in [4.69, 9.17) is 5.11 Å². The summed E-state index contributed by atoms with van der Waals surface area (Å²) in [4.78, 5) is 58.4. The van der Waals surface area contributed by atoms with Gasteiger partial charge in [0, 0.05) is 41.8 Å². The zero-order chi connectivity index (χ0) is 39.4. The highest BCUT2D eigenvalue weighted by atomic mass is 16.4. The second kappa shape index (κ2) is 17.1. The smallest absolute Gasteiger partial charge is 0.328 e. The summed E-state index contributed by atoms with van der Waals surface area (Å²) >= 11 is 0. The molecule has 3 amide bonds. The highest BCUT2D eigenvalue weighted by Gasteiger charge is 2.43. The molecule has 3 N–H and O–H groups in total. The number of carboxylic acids is 1. The van der Waals surface area contributed by atoms with Crippen LogP contribution in [-0.4, -0.2) is 80.9 Å². The Morgan fingerprint density at radius 2 is 1.53 bits per heavy atom. The largest absolute Gasteiger partial charge is 0.478 e. The SMILES string of the molecule is O=C(O)C=Cc1ccc(NC(=O)C2(NC(=O)c3ccc4c(C5CCCCC5)c(-c5ccccc5)n(CC(=O)N5CCCC(N6CCCC6)C5)c4c3)CCCC2)cc1. The maximum atomic E-state index is 14.5. The van der Waals surface area contributed by atoms with Gasteiger partial charge in [-0.15, -0.1) is 0 Å². The Kier molecular flexibility index (Phi) is 11.6. The highest BCUT2D eigenvalue weighted by Crippen LogP contribution is 2.44. The van der Waals surface area contributed by atoms with Gasteiger partial charge in [-0.05, 0) is 117 Å². The average Bonchev–Trinajstić information content (AvgIpc) is 4.02. The third-order valence-electron chi connectivity index (χ3n) is 13.0. The minimum Gasteiger partial charge on any atom is -0.478 e. The second-order valence-electron chi connectivity index (χ2n) is 16.7. The maximum Gasteiger partial charge on any atom is 0.328 e. The van der Waals surface area contributed by atoms with E-state index in [2.05, 4.69) is 55.3 Å². The van der Waals surface area contributed by atoms with Crippen molar-refractivity contribution >= 4 is 46.4 Å². The molecule has 1 aromatic heterocycles. The quantitative estimate of drug-likeness (QED) is 0.132.